The maximum atomic E-state index is 11.4. The van der Waals surface area contributed by atoms with Crippen LogP contribution in [-0.2, 0) is 4.79 Å². The number of aliphatic imine (C=N–C) groups is 1. The van der Waals surface area contributed by atoms with E-state index in [9.17, 15) is 19.5 Å². The molecular weight excluding hydrogens is 288 g/mol. The molecule has 0 saturated heterocycles. The third-order valence-corrected chi connectivity index (χ3v) is 2.96. The summed E-state index contributed by atoms with van der Waals surface area (Å²) in [5, 5.41) is 13.0. The topological polar surface area (TPSA) is 127 Å². The predicted octanol–water partition coefficient (Wildman–Crippen LogP) is -1.29. The van der Waals surface area contributed by atoms with Gasteiger partial charge >= 0.3 is 11.7 Å². The zero-order valence-corrected chi connectivity index (χ0v) is 11.1. The van der Waals surface area contributed by atoms with Crippen molar-refractivity contribution in [1.82, 2.24) is 15.3 Å². The Labute approximate surface area is 122 Å². The molecule has 1 aliphatic heterocycles. The van der Waals surface area contributed by atoms with Gasteiger partial charge in [0, 0.05) is 0 Å². The molecule has 8 heteroatoms. The van der Waals surface area contributed by atoms with Crippen molar-refractivity contribution >= 4 is 29.8 Å². The number of rotatable bonds is 2. The summed E-state index contributed by atoms with van der Waals surface area (Å²) in [6, 6.07) is 6.21. The summed E-state index contributed by atoms with van der Waals surface area (Å²) in [5.74, 6) is -0.772. The number of carbonyl (C=O) groups excluding carboxylic acids is 2. The van der Waals surface area contributed by atoms with Gasteiger partial charge in [0.1, 0.15) is 11.4 Å². The first kappa shape index (κ1) is 13.6. The van der Waals surface area contributed by atoms with Crippen LogP contribution in [0.3, 0.4) is 0 Å². The number of carbonyl (C=O) groups is 2. The molecule has 0 unspecified atom stereocenters. The molecule has 1 aromatic carbocycles. The van der Waals surface area contributed by atoms with Crippen molar-refractivity contribution < 1.29 is 14.7 Å². The Morgan fingerprint density at radius 1 is 0.955 bits per heavy atom. The Balaban J connectivity index is 1.95. The van der Waals surface area contributed by atoms with Crippen LogP contribution in [-0.4, -0.2) is 32.7 Å². The van der Waals surface area contributed by atoms with Crippen LogP contribution >= 0.6 is 0 Å². The van der Waals surface area contributed by atoms with Crippen LogP contribution in [0.2, 0.25) is 0 Å². The molecule has 3 amide bonds. The van der Waals surface area contributed by atoms with E-state index in [1.54, 1.807) is 30.3 Å². The van der Waals surface area contributed by atoms with Crippen LogP contribution in [0.1, 0.15) is 5.69 Å². The first-order valence-corrected chi connectivity index (χ1v) is 6.26. The number of nitrogens with one attached hydrogen (secondary N) is 3. The van der Waals surface area contributed by atoms with Gasteiger partial charge in [-0.05, 0) is 22.6 Å². The van der Waals surface area contributed by atoms with Gasteiger partial charge in [0.25, 0.3) is 5.91 Å². The summed E-state index contributed by atoms with van der Waals surface area (Å²) in [6.07, 6.45) is 3.07. The van der Waals surface area contributed by atoms with Crippen molar-refractivity contribution in [3.8, 4) is 5.88 Å². The fraction of sp³-hybridized carbons (Fsp3) is 0. The first-order chi connectivity index (χ1) is 10.5. The van der Waals surface area contributed by atoms with E-state index >= 15 is 0 Å². The predicted molar refractivity (Wildman–Crippen MR) is 77.8 cm³/mol. The van der Waals surface area contributed by atoms with E-state index in [0.29, 0.717) is 5.22 Å². The van der Waals surface area contributed by atoms with Crippen molar-refractivity contribution in [2.75, 3.05) is 0 Å². The maximum Gasteiger partial charge on any atom is 0.348 e. The van der Waals surface area contributed by atoms with Crippen LogP contribution in [0.25, 0.3) is 12.2 Å². The lowest BCUT2D eigenvalue weighted by Gasteiger charge is -1.91. The highest BCUT2D eigenvalue weighted by Crippen LogP contribution is 2.06. The number of amides is 3. The number of imidazole rings is 1. The largest absolute Gasteiger partial charge is 0.493 e. The number of aromatic nitrogens is 2. The number of nitrogens with zero attached hydrogens (tertiary/aromatic N) is 1. The first-order valence-electron chi connectivity index (χ1n) is 6.26. The highest BCUT2D eigenvalue weighted by atomic mass is 16.3. The molecule has 4 N–H and O–H groups in total. The van der Waals surface area contributed by atoms with E-state index in [-0.39, 0.29) is 17.3 Å². The normalized spacial score (nSPS) is 13.7. The fourth-order valence-electron chi connectivity index (χ4n) is 1.95. The number of aromatic amines is 2. The van der Waals surface area contributed by atoms with Gasteiger partial charge in [-0.25, -0.2) is 9.59 Å². The van der Waals surface area contributed by atoms with Crippen molar-refractivity contribution in [3.63, 3.8) is 0 Å². The molecule has 1 aliphatic rings. The molecule has 2 aromatic rings. The number of hydrogen-bond donors (Lipinski definition) is 4. The van der Waals surface area contributed by atoms with E-state index in [4.69, 9.17) is 0 Å². The molecule has 110 valence electrons. The lowest BCUT2D eigenvalue weighted by molar-refractivity contribution is -0.113. The van der Waals surface area contributed by atoms with E-state index in [2.05, 4.69) is 20.3 Å². The van der Waals surface area contributed by atoms with Crippen molar-refractivity contribution in [1.29, 1.82) is 0 Å². The maximum absolute atomic E-state index is 11.4. The fourth-order valence-corrected chi connectivity index (χ4v) is 1.95. The Kier molecular flexibility index (Phi) is 3.18. The van der Waals surface area contributed by atoms with Gasteiger partial charge in [0.2, 0.25) is 5.88 Å². The van der Waals surface area contributed by atoms with Gasteiger partial charge in [-0.1, -0.05) is 24.3 Å². The molecule has 0 saturated carbocycles. The number of hydrogen-bond acceptors (Lipinski definition) is 4. The van der Waals surface area contributed by atoms with Gasteiger partial charge in [0.15, 0.2) is 0 Å². The Bertz CT molecular complexity index is 958. The lowest BCUT2D eigenvalue weighted by atomic mass is 10.2. The summed E-state index contributed by atoms with van der Waals surface area (Å²) in [7, 11) is 0. The van der Waals surface area contributed by atoms with E-state index in [1.165, 1.54) is 6.08 Å². The molecule has 1 aromatic heterocycles. The third kappa shape index (κ3) is 2.70. The summed E-state index contributed by atoms with van der Waals surface area (Å²) in [5.41, 5.74) is -0.176. The van der Waals surface area contributed by atoms with Gasteiger partial charge < -0.3 is 10.1 Å². The second kappa shape index (κ2) is 5.17. The number of benzene rings is 1. The van der Waals surface area contributed by atoms with Gasteiger partial charge in [-0.15, -0.1) is 0 Å². The Morgan fingerprint density at radius 3 is 2.09 bits per heavy atom. The van der Waals surface area contributed by atoms with Gasteiger partial charge in [-0.2, -0.15) is 4.99 Å². The minimum absolute atomic E-state index is 0.0503. The van der Waals surface area contributed by atoms with Crippen LogP contribution in [0.5, 0.6) is 5.88 Å². The summed E-state index contributed by atoms with van der Waals surface area (Å²) >= 11 is 0. The van der Waals surface area contributed by atoms with E-state index in [1.807, 2.05) is 0 Å². The second-order valence-electron chi connectivity index (χ2n) is 4.55. The highest BCUT2D eigenvalue weighted by molar-refractivity contribution is 6.55. The highest BCUT2D eigenvalue weighted by Gasteiger charge is 2.20. The summed E-state index contributed by atoms with van der Waals surface area (Å²) in [6.45, 7) is 0. The summed E-state index contributed by atoms with van der Waals surface area (Å²) < 4.78 is 0. The molecule has 0 fully saturated rings. The third-order valence-electron chi connectivity index (χ3n) is 2.96. The van der Waals surface area contributed by atoms with Crippen molar-refractivity contribution in [2.24, 2.45) is 4.99 Å². The minimum Gasteiger partial charge on any atom is -0.493 e. The zero-order chi connectivity index (χ0) is 15.7. The molecule has 0 spiro atoms. The standard InChI is InChI=1S/C14H10N4O4/c19-11-9(15-13(21)17-11)5-7-1-2-8(4-3-7)6-10-12(20)18-14(22)16-10/h1-6,19H,(H2,15,17,21)(H,18,20,22). The zero-order valence-electron chi connectivity index (χ0n) is 11.1. The molecule has 0 radical (unpaired) electrons. The molecule has 22 heavy (non-hydrogen) atoms. The second-order valence-corrected chi connectivity index (χ2v) is 4.55. The minimum atomic E-state index is -0.673. The molecule has 3 rings (SSSR count). The number of imide groups is 1. The SMILES string of the molecule is O=C1N=C(C=c2ccc(=Cc3[nH]c(=O)[nH]c3O)cc2)C(=O)N1. The molecule has 0 bridgehead atoms. The van der Waals surface area contributed by atoms with E-state index < -0.39 is 17.6 Å². The van der Waals surface area contributed by atoms with Crippen LogP contribution in [0.15, 0.2) is 34.1 Å². The number of aromatic hydroxyl groups is 1. The molecule has 2 heterocycles. The van der Waals surface area contributed by atoms with Crippen LogP contribution in [0.4, 0.5) is 4.79 Å². The average Bonchev–Trinajstić information content (AvgIpc) is 2.94. The molecule has 0 atom stereocenters. The number of H-pyrrole nitrogens is 2. The monoisotopic (exact) mass is 298 g/mol. The Hall–Kier alpha value is -3.42. The molecular formula is C14H10N4O4. The van der Waals surface area contributed by atoms with E-state index in [0.717, 1.165) is 5.22 Å². The summed E-state index contributed by atoms with van der Waals surface area (Å²) in [4.78, 5) is 41.5. The Morgan fingerprint density at radius 2 is 1.59 bits per heavy atom. The quantitative estimate of drug-likeness (QED) is 0.550. The average molecular weight is 298 g/mol. The smallest absolute Gasteiger partial charge is 0.348 e. The molecule has 8 nitrogen and oxygen atoms in total. The molecule has 0 aliphatic carbocycles. The van der Waals surface area contributed by atoms with Gasteiger partial charge in [0.05, 0.1) is 0 Å². The van der Waals surface area contributed by atoms with Crippen molar-refractivity contribution in [3.05, 3.63) is 50.9 Å². The number of urea groups is 1. The lowest BCUT2D eigenvalue weighted by Crippen LogP contribution is -2.25. The van der Waals surface area contributed by atoms with Crippen LogP contribution < -0.4 is 21.4 Å². The van der Waals surface area contributed by atoms with Crippen LogP contribution in [0, 0.1) is 0 Å². The van der Waals surface area contributed by atoms with Gasteiger partial charge in [-0.3, -0.25) is 15.1 Å². The van der Waals surface area contributed by atoms with Crippen molar-refractivity contribution in [2.45, 2.75) is 0 Å².